The van der Waals surface area contributed by atoms with Crippen LogP contribution in [-0.2, 0) is 11.3 Å². The maximum Gasteiger partial charge on any atom is 0.263 e. The molecule has 1 aliphatic rings. The van der Waals surface area contributed by atoms with Crippen LogP contribution in [-0.4, -0.2) is 30.4 Å². The molecule has 1 unspecified atom stereocenters. The highest BCUT2D eigenvalue weighted by molar-refractivity contribution is 5.76. The first kappa shape index (κ1) is 13.9. The number of piperidine rings is 1. The Bertz CT molecular complexity index is 434. The number of halogens is 2. The highest BCUT2D eigenvalue weighted by atomic mass is 19.3. The summed E-state index contributed by atoms with van der Waals surface area (Å²) in [4.78, 5) is 13.1. The van der Waals surface area contributed by atoms with Crippen LogP contribution in [0.5, 0.6) is 0 Å². The van der Waals surface area contributed by atoms with Gasteiger partial charge in [-0.2, -0.15) is 0 Å². The molecule has 2 rings (SSSR count). The van der Waals surface area contributed by atoms with Crippen molar-refractivity contribution in [3.8, 4) is 0 Å². The van der Waals surface area contributed by atoms with E-state index in [1.54, 1.807) is 24.1 Å². The summed E-state index contributed by atoms with van der Waals surface area (Å²) in [5, 5.41) is 3.36. The number of alkyl halides is 2. The van der Waals surface area contributed by atoms with Gasteiger partial charge in [0.05, 0.1) is 0 Å². The molecule has 1 aromatic rings. The summed E-state index contributed by atoms with van der Waals surface area (Å²) >= 11 is 0. The molecule has 19 heavy (non-hydrogen) atoms. The van der Waals surface area contributed by atoms with Gasteiger partial charge in [-0.1, -0.05) is 24.3 Å². The minimum atomic E-state index is -2.42. The number of carbonyl (C=O) groups excluding carboxylic acids is 1. The van der Waals surface area contributed by atoms with E-state index in [4.69, 9.17) is 0 Å². The van der Waals surface area contributed by atoms with E-state index in [2.05, 4.69) is 5.32 Å². The molecule has 1 aliphatic heterocycles. The molecule has 1 heterocycles. The molecule has 1 fully saturated rings. The summed E-state index contributed by atoms with van der Waals surface area (Å²) in [6.45, 7) is 1.34. The van der Waals surface area contributed by atoms with Crippen LogP contribution in [0.1, 0.15) is 30.4 Å². The summed E-state index contributed by atoms with van der Waals surface area (Å²) < 4.78 is 24.8. The number of amides is 1. The fourth-order valence-corrected chi connectivity index (χ4v) is 2.22. The quantitative estimate of drug-likeness (QED) is 0.909. The number of likely N-dealkylation sites (N-methyl/N-ethyl adjacent to an activating group) is 1. The molecule has 5 heteroatoms. The Morgan fingerprint density at radius 2 is 2.05 bits per heavy atom. The van der Waals surface area contributed by atoms with Crippen molar-refractivity contribution >= 4 is 5.91 Å². The maximum absolute atomic E-state index is 12.4. The third-order valence-electron chi connectivity index (χ3n) is 3.45. The second-order valence-corrected chi connectivity index (χ2v) is 4.93. The van der Waals surface area contributed by atoms with Gasteiger partial charge in [-0.3, -0.25) is 4.79 Å². The predicted molar refractivity (Wildman–Crippen MR) is 68.9 cm³/mol. The molecule has 1 N–H and O–H groups in total. The highest BCUT2D eigenvalue weighted by Crippen LogP contribution is 2.18. The topological polar surface area (TPSA) is 32.3 Å². The number of rotatable bonds is 4. The average Bonchev–Trinajstić information content (AvgIpc) is 2.40. The number of carbonyl (C=O) groups is 1. The zero-order valence-corrected chi connectivity index (χ0v) is 10.9. The molecule has 1 atom stereocenters. The lowest BCUT2D eigenvalue weighted by Crippen LogP contribution is -2.46. The molecule has 0 saturated carbocycles. The summed E-state index contributed by atoms with van der Waals surface area (Å²) in [6, 6.07) is 6.62. The normalized spacial score (nSPS) is 20.1. The standard InChI is InChI=1S/C14H18F2N2O/c1-18-9-12(6-7-13(18)19)17-8-10-2-4-11(5-3-10)14(15)16/h2-5,12,14,17H,6-9H2,1H3. The van der Waals surface area contributed by atoms with E-state index in [0.29, 0.717) is 19.5 Å². The summed E-state index contributed by atoms with van der Waals surface area (Å²) in [5.41, 5.74) is 1.02. The van der Waals surface area contributed by atoms with Gasteiger partial charge in [-0.25, -0.2) is 8.78 Å². The second kappa shape index (κ2) is 6.10. The summed E-state index contributed by atoms with van der Waals surface area (Å²) in [7, 11) is 1.80. The monoisotopic (exact) mass is 268 g/mol. The zero-order chi connectivity index (χ0) is 13.8. The van der Waals surface area contributed by atoms with Crippen LogP contribution in [0, 0.1) is 0 Å². The summed E-state index contributed by atoms with van der Waals surface area (Å²) in [5.74, 6) is 0.180. The average molecular weight is 268 g/mol. The fraction of sp³-hybridized carbons (Fsp3) is 0.500. The first-order valence-electron chi connectivity index (χ1n) is 6.40. The van der Waals surface area contributed by atoms with Gasteiger partial charge in [0.2, 0.25) is 5.91 Å². The number of hydrogen-bond acceptors (Lipinski definition) is 2. The number of likely N-dealkylation sites (tertiary alicyclic amines) is 1. The molecule has 0 aromatic heterocycles. The lowest BCUT2D eigenvalue weighted by atomic mass is 10.0. The maximum atomic E-state index is 12.4. The molecule has 0 bridgehead atoms. The van der Waals surface area contributed by atoms with Crippen molar-refractivity contribution in [1.29, 1.82) is 0 Å². The molecule has 1 aromatic carbocycles. The first-order valence-corrected chi connectivity index (χ1v) is 6.40. The lowest BCUT2D eigenvalue weighted by Gasteiger charge is -2.30. The van der Waals surface area contributed by atoms with Crippen LogP contribution >= 0.6 is 0 Å². The molecule has 1 saturated heterocycles. The molecule has 3 nitrogen and oxygen atoms in total. The van der Waals surface area contributed by atoms with Gasteiger partial charge in [-0.15, -0.1) is 0 Å². The van der Waals surface area contributed by atoms with Crippen molar-refractivity contribution in [2.75, 3.05) is 13.6 Å². The summed E-state index contributed by atoms with van der Waals surface area (Å²) in [6.07, 6.45) is -1.02. The van der Waals surface area contributed by atoms with E-state index in [1.165, 1.54) is 12.1 Å². The van der Waals surface area contributed by atoms with Gasteiger partial charge in [-0.05, 0) is 12.0 Å². The van der Waals surface area contributed by atoms with Crippen LogP contribution in [0.25, 0.3) is 0 Å². The van der Waals surface area contributed by atoms with Crippen molar-refractivity contribution in [3.63, 3.8) is 0 Å². The van der Waals surface area contributed by atoms with E-state index in [9.17, 15) is 13.6 Å². The van der Waals surface area contributed by atoms with E-state index in [1.807, 2.05) is 0 Å². The Hall–Kier alpha value is -1.49. The third kappa shape index (κ3) is 3.73. The van der Waals surface area contributed by atoms with Crippen molar-refractivity contribution in [2.45, 2.75) is 31.9 Å². The van der Waals surface area contributed by atoms with E-state index in [-0.39, 0.29) is 17.5 Å². The van der Waals surface area contributed by atoms with Crippen LogP contribution in [0.15, 0.2) is 24.3 Å². The minimum absolute atomic E-state index is 0.0479. The van der Waals surface area contributed by atoms with Crippen LogP contribution in [0.3, 0.4) is 0 Å². The van der Waals surface area contributed by atoms with Crippen molar-refractivity contribution < 1.29 is 13.6 Å². The largest absolute Gasteiger partial charge is 0.344 e. The molecule has 0 aliphatic carbocycles. The van der Waals surface area contributed by atoms with Gasteiger partial charge < -0.3 is 10.2 Å². The molecule has 104 valence electrons. The molecule has 0 radical (unpaired) electrons. The lowest BCUT2D eigenvalue weighted by molar-refractivity contribution is -0.132. The Labute approximate surface area is 111 Å². The third-order valence-corrected chi connectivity index (χ3v) is 3.45. The highest BCUT2D eigenvalue weighted by Gasteiger charge is 2.22. The van der Waals surface area contributed by atoms with Gasteiger partial charge in [0.25, 0.3) is 6.43 Å². The fourth-order valence-electron chi connectivity index (χ4n) is 2.22. The smallest absolute Gasteiger partial charge is 0.263 e. The number of hydrogen-bond donors (Lipinski definition) is 1. The SMILES string of the molecule is CN1CC(NCc2ccc(C(F)F)cc2)CCC1=O. The van der Waals surface area contributed by atoms with E-state index < -0.39 is 6.43 Å². The van der Waals surface area contributed by atoms with Gasteiger partial charge >= 0.3 is 0 Å². The van der Waals surface area contributed by atoms with E-state index >= 15 is 0 Å². The zero-order valence-electron chi connectivity index (χ0n) is 10.9. The second-order valence-electron chi connectivity index (χ2n) is 4.93. The van der Waals surface area contributed by atoms with Gasteiger partial charge in [0.1, 0.15) is 0 Å². The molecular formula is C14H18F2N2O. The first-order chi connectivity index (χ1) is 9.06. The van der Waals surface area contributed by atoms with Gasteiger partial charge in [0.15, 0.2) is 0 Å². The van der Waals surface area contributed by atoms with Crippen molar-refractivity contribution in [3.05, 3.63) is 35.4 Å². The van der Waals surface area contributed by atoms with Crippen molar-refractivity contribution in [1.82, 2.24) is 10.2 Å². The van der Waals surface area contributed by atoms with Crippen molar-refractivity contribution in [2.24, 2.45) is 0 Å². The minimum Gasteiger partial charge on any atom is -0.344 e. The Morgan fingerprint density at radius 3 is 2.63 bits per heavy atom. The number of nitrogens with one attached hydrogen (secondary N) is 1. The van der Waals surface area contributed by atoms with Crippen LogP contribution in [0.2, 0.25) is 0 Å². The van der Waals surface area contributed by atoms with Crippen LogP contribution in [0.4, 0.5) is 8.78 Å². The Kier molecular flexibility index (Phi) is 4.47. The Balaban J connectivity index is 1.83. The molecule has 0 spiro atoms. The van der Waals surface area contributed by atoms with E-state index in [0.717, 1.165) is 12.0 Å². The predicted octanol–water partition coefficient (Wildman–Crippen LogP) is 2.33. The number of benzene rings is 1. The molecular weight excluding hydrogens is 250 g/mol. The number of nitrogens with zero attached hydrogens (tertiary/aromatic N) is 1. The van der Waals surface area contributed by atoms with Crippen LogP contribution < -0.4 is 5.32 Å². The Morgan fingerprint density at radius 1 is 1.37 bits per heavy atom. The van der Waals surface area contributed by atoms with Gasteiger partial charge in [0, 0.05) is 38.2 Å². The molecule has 1 amide bonds.